The average Bonchev–Trinajstić information content (AvgIpc) is 2.64. The number of aromatic amines is 1. The number of nitrogens with two attached hydrogens (primary N) is 1. The Labute approximate surface area is 100 Å². The van der Waals surface area contributed by atoms with Gasteiger partial charge in [-0.15, -0.1) is 0 Å². The highest BCUT2D eigenvalue weighted by molar-refractivity contribution is 5.94. The van der Waals surface area contributed by atoms with Gasteiger partial charge in [0.2, 0.25) is 0 Å². The molecule has 4 heteroatoms. The fourth-order valence-electron chi connectivity index (χ4n) is 2.61. The number of amides is 1. The lowest BCUT2D eigenvalue weighted by atomic mass is 9.98. The van der Waals surface area contributed by atoms with E-state index in [0.717, 1.165) is 42.5 Å². The Bertz CT molecular complexity index is 515. The molecule has 1 aromatic heterocycles. The number of carbonyl (C=O) groups excluding carboxylic acids is 1. The van der Waals surface area contributed by atoms with Crippen LogP contribution in [0.1, 0.15) is 47.4 Å². The van der Waals surface area contributed by atoms with E-state index in [1.807, 2.05) is 0 Å². The Balaban J connectivity index is 2.60. The molecule has 0 unspecified atom stereocenters. The minimum Gasteiger partial charge on any atom is -0.365 e. The number of fused-ring (bicyclic) bond motifs is 1. The van der Waals surface area contributed by atoms with Crippen molar-refractivity contribution in [3.05, 3.63) is 32.7 Å². The van der Waals surface area contributed by atoms with Crippen LogP contribution in [0.25, 0.3) is 0 Å². The molecule has 0 aromatic carbocycles. The first kappa shape index (κ1) is 11.9. The zero-order chi connectivity index (χ0) is 12.6. The third kappa shape index (κ3) is 2.12. The monoisotopic (exact) mass is 234 g/mol. The van der Waals surface area contributed by atoms with Gasteiger partial charge in [-0.25, -0.2) is 0 Å². The SMILES string of the molecule is CC(C)Cc1[nH]c(=O)c(C(N)=O)c2c1CCC2. The van der Waals surface area contributed by atoms with Gasteiger partial charge in [-0.1, -0.05) is 13.8 Å². The molecule has 0 spiro atoms. The van der Waals surface area contributed by atoms with Crippen LogP contribution in [-0.2, 0) is 19.3 Å². The van der Waals surface area contributed by atoms with Crippen LogP contribution in [0.2, 0.25) is 0 Å². The summed E-state index contributed by atoms with van der Waals surface area (Å²) in [6.45, 7) is 4.23. The van der Waals surface area contributed by atoms with Gasteiger partial charge in [-0.2, -0.15) is 0 Å². The topological polar surface area (TPSA) is 75.9 Å². The number of hydrogen-bond acceptors (Lipinski definition) is 2. The average molecular weight is 234 g/mol. The molecule has 3 N–H and O–H groups in total. The van der Waals surface area contributed by atoms with Crippen LogP contribution in [0.5, 0.6) is 0 Å². The number of rotatable bonds is 3. The molecule has 1 aromatic rings. The van der Waals surface area contributed by atoms with Crippen LogP contribution >= 0.6 is 0 Å². The van der Waals surface area contributed by atoms with Gasteiger partial charge < -0.3 is 10.7 Å². The summed E-state index contributed by atoms with van der Waals surface area (Å²) in [6, 6.07) is 0. The van der Waals surface area contributed by atoms with Gasteiger partial charge in [0, 0.05) is 5.69 Å². The molecule has 0 radical (unpaired) electrons. The molecule has 0 bridgehead atoms. The van der Waals surface area contributed by atoms with Crippen molar-refractivity contribution < 1.29 is 4.79 Å². The summed E-state index contributed by atoms with van der Waals surface area (Å²) in [5, 5.41) is 0. The molecule has 4 nitrogen and oxygen atoms in total. The number of hydrogen-bond donors (Lipinski definition) is 2. The molecule has 0 saturated carbocycles. The summed E-state index contributed by atoms with van der Waals surface area (Å²) in [4.78, 5) is 26.0. The maximum Gasteiger partial charge on any atom is 0.261 e. The first-order valence-corrected chi connectivity index (χ1v) is 6.07. The van der Waals surface area contributed by atoms with E-state index >= 15 is 0 Å². The molecule has 1 amide bonds. The molecule has 0 aliphatic heterocycles. The number of pyridine rings is 1. The van der Waals surface area contributed by atoms with Crippen LogP contribution in [-0.4, -0.2) is 10.9 Å². The normalized spacial score (nSPS) is 14.1. The molecular formula is C13H18N2O2. The molecule has 0 saturated heterocycles. The second-order valence-electron chi connectivity index (χ2n) is 5.08. The van der Waals surface area contributed by atoms with Crippen molar-refractivity contribution in [3.63, 3.8) is 0 Å². The van der Waals surface area contributed by atoms with E-state index in [2.05, 4.69) is 18.8 Å². The summed E-state index contributed by atoms with van der Waals surface area (Å²) in [6.07, 6.45) is 3.58. The van der Waals surface area contributed by atoms with E-state index in [1.54, 1.807) is 0 Å². The molecule has 0 atom stereocenters. The Morgan fingerprint density at radius 3 is 2.59 bits per heavy atom. The fraction of sp³-hybridized carbons (Fsp3) is 0.538. The van der Waals surface area contributed by atoms with Gasteiger partial charge in [-0.05, 0) is 42.7 Å². The number of primary amides is 1. The molecule has 92 valence electrons. The first-order valence-electron chi connectivity index (χ1n) is 6.07. The lowest BCUT2D eigenvalue weighted by Crippen LogP contribution is -2.27. The van der Waals surface area contributed by atoms with Gasteiger partial charge >= 0.3 is 0 Å². The van der Waals surface area contributed by atoms with Gasteiger partial charge in [-0.3, -0.25) is 9.59 Å². The lowest BCUT2D eigenvalue weighted by Gasteiger charge is -2.12. The van der Waals surface area contributed by atoms with Crippen LogP contribution in [0.3, 0.4) is 0 Å². The van der Waals surface area contributed by atoms with Gasteiger partial charge in [0.25, 0.3) is 11.5 Å². The van der Waals surface area contributed by atoms with Crippen molar-refractivity contribution in [2.24, 2.45) is 11.7 Å². The third-order valence-electron chi connectivity index (χ3n) is 3.23. The Morgan fingerprint density at radius 2 is 2.00 bits per heavy atom. The zero-order valence-electron chi connectivity index (χ0n) is 10.3. The van der Waals surface area contributed by atoms with Crippen molar-refractivity contribution >= 4 is 5.91 Å². The summed E-state index contributed by atoms with van der Waals surface area (Å²) in [5.74, 6) is -0.129. The molecule has 1 aliphatic carbocycles. The van der Waals surface area contributed by atoms with E-state index < -0.39 is 5.91 Å². The molecular weight excluding hydrogens is 216 g/mol. The van der Waals surface area contributed by atoms with E-state index in [4.69, 9.17) is 5.73 Å². The molecule has 2 rings (SSSR count). The number of nitrogens with one attached hydrogen (secondary N) is 1. The standard InChI is InChI=1S/C13H18N2O2/c1-7(2)6-10-8-4-3-5-9(8)11(12(14)16)13(17)15-10/h7H,3-6H2,1-2H3,(H2,14,16)(H,15,17). The van der Waals surface area contributed by atoms with E-state index in [9.17, 15) is 9.59 Å². The van der Waals surface area contributed by atoms with Crippen molar-refractivity contribution in [1.82, 2.24) is 4.98 Å². The minimum absolute atomic E-state index is 0.171. The smallest absolute Gasteiger partial charge is 0.261 e. The summed E-state index contributed by atoms with van der Waals surface area (Å²) < 4.78 is 0. The second kappa shape index (κ2) is 4.35. The van der Waals surface area contributed by atoms with Crippen molar-refractivity contribution in [2.45, 2.75) is 39.5 Å². The largest absolute Gasteiger partial charge is 0.365 e. The van der Waals surface area contributed by atoms with E-state index in [1.165, 1.54) is 0 Å². The third-order valence-corrected chi connectivity index (χ3v) is 3.23. The Morgan fingerprint density at radius 1 is 1.35 bits per heavy atom. The number of carbonyl (C=O) groups is 1. The van der Waals surface area contributed by atoms with Crippen LogP contribution < -0.4 is 11.3 Å². The maximum atomic E-state index is 11.9. The van der Waals surface area contributed by atoms with E-state index in [-0.39, 0.29) is 11.1 Å². The lowest BCUT2D eigenvalue weighted by molar-refractivity contribution is 0.0998. The van der Waals surface area contributed by atoms with Crippen LogP contribution in [0.15, 0.2) is 4.79 Å². The minimum atomic E-state index is -0.611. The fourth-order valence-corrected chi connectivity index (χ4v) is 2.61. The van der Waals surface area contributed by atoms with Crippen LogP contribution in [0, 0.1) is 5.92 Å². The number of aromatic nitrogens is 1. The van der Waals surface area contributed by atoms with Crippen molar-refractivity contribution in [1.29, 1.82) is 0 Å². The van der Waals surface area contributed by atoms with Gasteiger partial charge in [0.1, 0.15) is 5.56 Å². The van der Waals surface area contributed by atoms with Gasteiger partial charge in [0.05, 0.1) is 0 Å². The molecule has 1 aliphatic rings. The summed E-state index contributed by atoms with van der Waals surface area (Å²) in [5.41, 5.74) is 8.15. The molecule has 17 heavy (non-hydrogen) atoms. The van der Waals surface area contributed by atoms with Crippen molar-refractivity contribution in [3.8, 4) is 0 Å². The Kier molecular flexibility index (Phi) is 3.05. The predicted molar refractivity (Wildman–Crippen MR) is 66.1 cm³/mol. The highest BCUT2D eigenvalue weighted by Gasteiger charge is 2.24. The quantitative estimate of drug-likeness (QED) is 0.823. The molecule has 0 fully saturated rings. The first-order chi connectivity index (χ1) is 8.00. The maximum absolute atomic E-state index is 11.9. The number of H-pyrrole nitrogens is 1. The van der Waals surface area contributed by atoms with Crippen molar-refractivity contribution in [2.75, 3.05) is 0 Å². The summed E-state index contributed by atoms with van der Waals surface area (Å²) in [7, 11) is 0. The summed E-state index contributed by atoms with van der Waals surface area (Å²) >= 11 is 0. The second-order valence-corrected chi connectivity index (χ2v) is 5.08. The highest BCUT2D eigenvalue weighted by Crippen LogP contribution is 2.26. The van der Waals surface area contributed by atoms with Gasteiger partial charge in [0.15, 0.2) is 0 Å². The van der Waals surface area contributed by atoms with E-state index in [0.29, 0.717) is 5.92 Å². The molecule has 1 heterocycles. The predicted octanol–water partition coefficient (Wildman–Crippen LogP) is 1.16. The van der Waals surface area contributed by atoms with Crippen LogP contribution in [0.4, 0.5) is 0 Å². The zero-order valence-corrected chi connectivity index (χ0v) is 10.3. The Hall–Kier alpha value is -1.58. The highest BCUT2D eigenvalue weighted by atomic mass is 16.2.